The average Bonchev–Trinajstić information content (AvgIpc) is 4.31. The first-order valence-electron chi connectivity index (χ1n) is 25.2. The number of hydrogen-bond donors (Lipinski definition) is 2. The molecule has 7 aromatic carbocycles. The maximum absolute atomic E-state index is 14.1. The highest BCUT2D eigenvalue weighted by molar-refractivity contribution is 8.92. The van der Waals surface area contributed by atoms with Crippen LogP contribution in [-0.4, -0.2) is 74.8 Å². The van der Waals surface area contributed by atoms with E-state index in [4.69, 9.17) is 33.5 Å². The molecule has 0 spiro atoms. The zero-order chi connectivity index (χ0) is 57.3. The monoisotopic (exact) mass is 1200 g/mol. The van der Waals surface area contributed by atoms with Crippen LogP contribution in [-0.2, 0) is 32.7 Å². The van der Waals surface area contributed by atoms with Crippen LogP contribution < -0.4 is 28.4 Å². The highest BCUT2D eigenvalue weighted by atomic mass is 33.0. The average molecular weight is 1200 g/mol. The van der Waals surface area contributed by atoms with Gasteiger partial charge in [0, 0.05) is 11.1 Å². The van der Waals surface area contributed by atoms with E-state index in [2.05, 4.69) is 50.8 Å². The molecule has 0 radical (unpaired) electrons. The Bertz CT molecular complexity index is 3580. The number of ether oxygens (including phenoxy) is 6. The zero-order valence-electron chi connectivity index (χ0n) is 45.0. The number of ketones is 1. The van der Waals surface area contributed by atoms with Crippen LogP contribution in [0, 0.1) is 0 Å². The van der Waals surface area contributed by atoms with Crippen LogP contribution in [0.4, 0.5) is 0 Å². The number of H-pyrrole nitrogens is 1. The van der Waals surface area contributed by atoms with Gasteiger partial charge in [-0.1, -0.05) is 121 Å². The molecule has 0 amide bonds. The fraction of sp³-hybridized carbons (Fsp3) is 0.150. The molecule has 4 atom stereocenters. The van der Waals surface area contributed by atoms with Crippen LogP contribution in [0.15, 0.2) is 182 Å². The van der Waals surface area contributed by atoms with Crippen LogP contribution in [0.25, 0.3) is 33.5 Å². The lowest BCUT2D eigenvalue weighted by molar-refractivity contribution is 0.0678. The number of carbonyl (C=O) groups excluding carboxylic acids is 1. The van der Waals surface area contributed by atoms with Gasteiger partial charge in [-0.05, 0) is 96.9 Å². The third-order valence-electron chi connectivity index (χ3n) is 12.5. The number of nitrogens with zero attached hydrogens (tertiary/aromatic N) is 5. The molecule has 416 valence electrons. The lowest BCUT2D eigenvalue weighted by Crippen LogP contribution is -2.15. The maximum Gasteiger partial charge on any atom is 0.358 e. The molecule has 3 heterocycles. The Hall–Kier alpha value is -7.05. The number of para-hydroxylation sites is 2. The van der Waals surface area contributed by atoms with E-state index in [0.717, 1.165) is 67.4 Å². The number of aromatic carboxylic acids is 1. The number of carboxylic acids is 1. The Labute approximate surface area is 482 Å². The van der Waals surface area contributed by atoms with Gasteiger partial charge < -0.3 is 38.5 Å². The quantitative estimate of drug-likeness (QED) is 0.0515. The van der Waals surface area contributed by atoms with Crippen molar-refractivity contribution in [3.63, 3.8) is 0 Å². The first kappa shape index (κ1) is 60.1. The van der Waals surface area contributed by atoms with Gasteiger partial charge in [0.25, 0.3) is 0 Å². The standard InChI is InChI=1S/C34H30N4O4.C26H24N2O5.H8P6/c1-40-26-16-12-23(13-17-26)21-38-33(30(39)20-31-35-28-10-6-7-11-29(28)36-31)34(32(37-38)25-8-4-3-5-9-25)42-22-24-14-18-27(41-2)19-15-24;1-31-21-12-8-18(9-13-21)16-28-24(26(29)30)25(23(27-28)20-6-4-3-5-7-20)33-17-19-10-14-22(32-2)15-11-19;1-5(2)6(3)4/h3-19H,20-22H2,1-2H3,(H,35,36);3-15H,16-17H2,1-2H3,(H,29,30);1-4H2. The Kier molecular flexibility index (Phi) is 21.9. The number of Topliss-reactive ketones (excluding diaryl/α,β-unsaturated/α-hetero) is 1. The number of hydrogen-bond acceptors (Lipinski definition) is 11. The lowest BCUT2D eigenvalue weighted by atomic mass is 10.1. The van der Waals surface area contributed by atoms with Crippen molar-refractivity contribution in [3.05, 3.63) is 221 Å². The Balaban J connectivity index is 0.000000198. The van der Waals surface area contributed by atoms with Crippen molar-refractivity contribution >= 4 is 72.5 Å². The van der Waals surface area contributed by atoms with Gasteiger partial charge in [0.15, 0.2) is 23.0 Å². The molecule has 81 heavy (non-hydrogen) atoms. The van der Waals surface area contributed by atoms with Gasteiger partial charge in [0.2, 0.25) is 0 Å². The molecule has 0 aliphatic rings. The van der Waals surface area contributed by atoms with Gasteiger partial charge in [-0.15, -0.1) is 35.7 Å². The molecule has 0 fully saturated rings. The van der Waals surface area contributed by atoms with E-state index in [1.807, 2.05) is 182 Å². The van der Waals surface area contributed by atoms with Crippen LogP contribution in [0.2, 0.25) is 0 Å². The maximum atomic E-state index is 14.1. The fourth-order valence-corrected chi connectivity index (χ4v) is 8.33. The summed E-state index contributed by atoms with van der Waals surface area (Å²) < 4.78 is 36.8. The van der Waals surface area contributed by atoms with Crippen molar-refractivity contribution < 1.29 is 43.1 Å². The summed E-state index contributed by atoms with van der Waals surface area (Å²) in [5.41, 5.74) is 8.48. The molecule has 10 rings (SSSR count). The molecule has 0 bridgehead atoms. The van der Waals surface area contributed by atoms with E-state index in [0.29, 0.717) is 35.2 Å². The second-order valence-electron chi connectivity index (χ2n) is 17.9. The summed E-state index contributed by atoms with van der Waals surface area (Å²) >= 11 is 0. The lowest BCUT2D eigenvalue weighted by Gasteiger charge is -2.11. The van der Waals surface area contributed by atoms with E-state index in [1.165, 1.54) is 4.68 Å². The highest BCUT2D eigenvalue weighted by Gasteiger charge is 2.29. The van der Waals surface area contributed by atoms with Gasteiger partial charge in [0.05, 0.1) is 59.0 Å². The topological polar surface area (TPSA) is 174 Å². The fourth-order valence-electron chi connectivity index (χ4n) is 8.33. The number of aromatic nitrogens is 6. The van der Waals surface area contributed by atoms with Crippen molar-refractivity contribution in [2.45, 2.75) is 32.7 Å². The number of fused-ring (bicyclic) bond motifs is 1. The van der Waals surface area contributed by atoms with Crippen LogP contribution >= 0.6 is 49.7 Å². The second kappa shape index (κ2) is 29.6. The number of aromatic amines is 1. The minimum Gasteiger partial charge on any atom is -0.497 e. The number of benzene rings is 7. The number of nitrogens with one attached hydrogen (secondary N) is 1. The van der Waals surface area contributed by atoms with Crippen LogP contribution in [0.5, 0.6) is 34.5 Å². The van der Waals surface area contributed by atoms with Crippen molar-refractivity contribution in [2.24, 2.45) is 0 Å². The molecule has 0 aliphatic heterocycles. The molecular formula is C60H62N6O9P6. The Morgan fingerprint density at radius 3 is 1.25 bits per heavy atom. The van der Waals surface area contributed by atoms with Crippen molar-refractivity contribution in [1.29, 1.82) is 0 Å². The Morgan fingerprint density at radius 2 is 0.864 bits per heavy atom. The predicted octanol–water partition coefficient (Wildman–Crippen LogP) is 14.4. The smallest absolute Gasteiger partial charge is 0.358 e. The van der Waals surface area contributed by atoms with E-state index >= 15 is 0 Å². The van der Waals surface area contributed by atoms with Gasteiger partial charge >= 0.3 is 5.97 Å². The Morgan fingerprint density at radius 1 is 0.494 bits per heavy atom. The number of rotatable bonds is 21. The van der Waals surface area contributed by atoms with Crippen LogP contribution in [0.1, 0.15) is 49.1 Å². The highest BCUT2D eigenvalue weighted by Crippen LogP contribution is 2.86. The summed E-state index contributed by atoms with van der Waals surface area (Å²) in [5, 5.41) is 19.6. The minimum atomic E-state index is -1.11. The second-order valence-corrected chi connectivity index (χ2v) is 37.7. The van der Waals surface area contributed by atoms with E-state index in [1.54, 1.807) is 33.1 Å². The summed E-state index contributed by atoms with van der Waals surface area (Å²) in [6.45, 7) is 1.42. The number of carbonyl (C=O) groups is 2. The molecule has 15 nitrogen and oxygen atoms in total. The summed E-state index contributed by atoms with van der Waals surface area (Å²) in [6, 6.07) is 57.2. The number of carboxylic acid groups (broad SMARTS) is 1. The molecule has 3 aromatic heterocycles. The van der Waals surface area contributed by atoms with Crippen LogP contribution in [0.3, 0.4) is 0 Å². The molecule has 0 saturated heterocycles. The predicted molar refractivity (Wildman–Crippen MR) is 338 cm³/mol. The third kappa shape index (κ3) is 16.3. The van der Waals surface area contributed by atoms with Gasteiger partial charge in [0.1, 0.15) is 59.1 Å². The summed E-state index contributed by atoms with van der Waals surface area (Å²) in [4.78, 5) is 34.3. The molecule has 4 unspecified atom stereocenters. The van der Waals surface area contributed by atoms with Gasteiger partial charge in [-0.25, -0.2) is 14.5 Å². The zero-order valence-corrected chi connectivity index (χ0v) is 51.4. The summed E-state index contributed by atoms with van der Waals surface area (Å²) in [6.07, 6.45) is 0.0656. The van der Waals surface area contributed by atoms with Crippen molar-refractivity contribution in [2.75, 3.05) is 28.4 Å². The molecule has 0 aliphatic carbocycles. The molecule has 2 N–H and O–H groups in total. The van der Waals surface area contributed by atoms with Crippen molar-refractivity contribution in [3.8, 4) is 57.0 Å². The summed E-state index contributed by atoms with van der Waals surface area (Å²) in [7, 11) is 17.6. The molecular weight excluding hydrogens is 1130 g/mol. The van der Waals surface area contributed by atoms with E-state index in [-0.39, 0.29) is 57.4 Å². The first-order valence-corrected chi connectivity index (χ1v) is 35.1. The van der Waals surface area contributed by atoms with Gasteiger partial charge in [-0.2, -0.15) is 10.2 Å². The number of imidazole rings is 1. The SMILES string of the molecule is COc1ccc(COc2c(-c3ccccc3)nn(Cc3ccc(OC)cc3)c2C(=O)Cc2nc3ccccc3[nH]2)cc1.COc1ccc(COc2c(-c3ccccc3)nn(Cc3ccc(OC)cc3)c2C(=O)O)cc1.PP(P)P(P)P. The normalized spacial score (nSPS) is 10.8. The number of methoxy groups -OCH3 is 4. The molecule has 0 saturated carbocycles. The minimum absolute atomic E-state index is 0.00168. The van der Waals surface area contributed by atoms with E-state index in [9.17, 15) is 14.7 Å². The van der Waals surface area contributed by atoms with Gasteiger partial charge in [-0.3, -0.25) is 9.48 Å². The van der Waals surface area contributed by atoms with E-state index < -0.39 is 5.97 Å². The molecule has 21 heteroatoms. The third-order valence-corrected chi connectivity index (χ3v) is 33.8. The first-order chi connectivity index (χ1) is 39.3. The largest absolute Gasteiger partial charge is 0.497 e. The van der Waals surface area contributed by atoms with Crippen molar-refractivity contribution in [1.82, 2.24) is 29.5 Å². The summed E-state index contributed by atoms with van der Waals surface area (Å²) in [5.74, 6) is 2.98. The molecule has 10 aromatic rings.